The Morgan fingerprint density at radius 1 is 1.04 bits per heavy atom. The van der Waals surface area contributed by atoms with Crippen LogP contribution in [-0.4, -0.2) is 35.0 Å². The number of hydrogen-bond donors (Lipinski definition) is 1. The smallest absolute Gasteiger partial charge is 0.356 e. The first-order valence-corrected chi connectivity index (χ1v) is 9.38. The summed E-state index contributed by atoms with van der Waals surface area (Å²) in [5, 5.41) is 3.18. The SMILES string of the molecule is O=C(NC1CCCCCC1)C1CCN(c2cc(C(F)(F)F)ncn2)CC1. The molecular formula is C18H25F3N4O. The number of aromatic nitrogens is 2. The largest absolute Gasteiger partial charge is 0.433 e. The second kappa shape index (κ2) is 8.22. The molecule has 1 aliphatic heterocycles. The summed E-state index contributed by atoms with van der Waals surface area (Å²) in [5.41, 5.74) is -0.935. The van der Waals surface area contributed by atoms with Crippen molar-refractivity contribution < 1.29 is 18.0 Å². The molecule has 1 aromatic rings. The minimum absolute atomic E-state index is 0.0709. The summed E-state index contributed by atoms with van der Waals surface area (Å²) in [5.74, 6) is 0.295. The van der Waals surface area contributed by atoms with Crippen molar-refractivity contribution in [1.29, 1.82) is 0 Å². The molecule has 1 aromatic heterocycles. The molecule has 1 amide bonds. The summed E-state index contributed by atoms with van der Waals surface area (Å²) in [6.07, 6.45) is 4.63. The number of carbonyl (C=O) groups is 1. The molecule has 5 nitrogen and oxygen atoms in total. The number of nitrogens with zero attached hydrogens (tertiary/aromatic N) is 3. The molecule has 0 spiro atoms. The number of hydrogen-bond acceptors (Lipinski definition) is 4. The van der Waals surface area contributed by atoms with E-state index in [0.29, 0.717) is 25.9 Å². The number of rotatable bonds is 3. The zero-order valence-electron chi connectivity index (χ0n) is 14.8. The minimum Gasteiger partial charge on any atom is -0.356 e. The van der Waals surface area contributed by atoms with Crippen molar-refractivity contribution in [1.82, 2.24) is 15.3 Å². The molecule has 2 heterocycles. The van der Waals surface area contributed by atoms with Crippen molar-refractivity contribution in [3.05, 3.63) is 18.1 Å². The quantitative estimate of drug-likeness (QED) is 0.827. The molecule has 1 saturated carbocycles. The fourth-order valence-corrected chi connectivity index (χ4v) is 3.79. The van der Waals surface area contributed by atoms with Gasteiger partial charge in [-0.1, -0.05) is 25.7 Å². The van der Waals surface area contributed by atoms with Crippen LogP contribution in [0.5, 0.6) is 0 Å². The maximum atomic E-state index is 12.8. The Labute approximate surface area is 151 Å². The lowest BCUT2D eigenvalue weighted by molar-refractivity contribution is -0.141. The predicted octanol–water partition coefficient (Wildman–Crippen LogP) is 3.55. The number of amides is 1. The van der Waals surface area contributed by atoms with Crippen LogP contribution in [0.2, 0.25) is 0 Å². The van der Waals surface area contributed by atoms with E-state index in [1.165, 1.54) is 25.7 Å². The minimum atomic E-state index is -4.48. The van der Waals surface area contributed by atoms with Crippen molar-refractivity contribution >= 4 is 11.7 Å². The van der Waals surface area contributed by atoms with Gasteiger partial charge in [-0.3, -0.25) is 4.79 Å². The molecule has 2 aliphatic rings. The molecule has 0 atom stereocenters. The van der Waals surface area contributed by atoms with E-state index < -0.39 is 11.9 Å². The number of carbonyl (C=O) groups excluding carboxylic acids is 1. The molecule has 0 aromatic carbocycles. The van der Waals surface area contributed by atoms with Crippen LogP contribution in [0.1, 0.15) is 57.1 Å². The maximum absolute atomic E-state index is 12.8. The molecule has 1 N–H and O–H groups in total. The summed E-state index contributed by atoms with van der Waals surface area (Å²) < 4.78 is 38.4. The molecule has 1 aliphatic carbocycles. The molecule has 1 saturated heterocycles. The van der Waals surface area contributed by atoms with E-state index in [4.69, 9.17) is 0 Å². The Balaban J connectivity index is 1.53. The summed E-state index contributed by atoms with van der Waals surface area (Å²) >= 11 is 0. The normalized spacial score (nSPS) is 20.7. The van der Waals surface area contributed by atoms with Gasteiger partial charge >= 0.3 is 6.18 Å². The van der Waals surface area contributed by atoms with Gasteiger partial charge in [0.25, 0.3) is 0 Å². The topological polar surface area (TPSA) is 58.1 Å². The number of halogens is 3. The highest BCUT2D eigenvalue weighted by Gasteiger charge is 2.34. The summed E-state index contributed by atoms with van der Waals surface area (Å²) in [7, 11) is 0. The van der Waals surface area contributed by atoms with Crippen LogP contribution < -0.4 is 10.2 Å². The molecule has 0 bridgehead atoms. The van der Waals surface area contributed by atoms with Gasteiger partial charge in [-0.25, -0.2) is 9.97 Å². The number of anilines is 1. The van der Waals surface area contributed by atoms with Crippen LogP contribution in [0.3, 0.4) is 0 Å². The highest BCUT2D eigenvalue weighted by atomic mass is 19.4. The van der Waals surface area contributed by atoms with E-state index in [1.54, 1.807) is 4.90 Å². The summed E-state index contributed by atoms with van der Waals surface area (Å²) in [4.78, 5) is 21.6. The highest BCUT2D eigenvalue weighted by Crippen LogP contribution is 2.30. The first-order chi connectivity index (χ1) is 12.4. The van der Waals surface area contributed by atoms with Gasteiger partial charge in [-0.15, -0.1) is 0 Å². The van der Waals surface area contributed by atoms with Crippen LogP contribution in [-0.2, 0) is 11.0 Å². The van der Waals surface area contributed by atoms with E-state index in [-0.39, 0.29) is 23.7 Å². The standard InChI is InChI=1S/C18H25F3N4O/c19-18(20,21)15-11-16(23-12-22-15)25-9-7-13(8-10-25)17(26)24-14-5-3-1-2-4-6-14/h11-14H,1-10H2,(H,24,26). The first-order valence-electron chi connectivity index (χ1n) is 9.38. The van der Waals surface area contributed by atoms with Gasteiger partial charge < -0.3 is 10.2 Å². The van der Waals surface area contributed by atoms with Crippen molar-refractivity contribution in [2.75, 3.05) is 18.0 Å². The second-order valence-electron chi connectivity index (χ2n) is 7.22. The Morgan fingerprint density at radius 3 is 2.31 bits per heavy atom. The third-order valence-electron chi connectivity index (χ3n) is 5.33. The fraction of sp³-hybridized carbons (Fsp3) is 0.722. The third-order valence-corrected chi connectivity index (χ3v) is 5.33. The van der Waals surface area contributed by atoms with E-state index in [0.717, 1.165) is 25.2 Å². The van der Waals surface area contributed by atoms with Crippen LogP contribution in [0, 0.1) is 5.92 Å². The molecule has 144 valence electrons. The van der Waals surface area contributed by atoms with Crippen molar-refractivity contribution in [3.63, 3.8) is 0 Å². The molecule has 26 heavy (non-hydrogen) atoms. The Hall–Kier alpha value is -1.86. The van der Waals surface area contributed by atoms with Crippen LogP contribution in [0.25, 0.3) is 0 Å². The zero-order chi connectivity index (χ0) is 18.6. The molecule has 0 radical (unpaired) electrons. The average molecular weight is 370 g/mol. The monoisotopic (exact) mass is 370 g/mol. The van der Waals surface area contributed by atoms with Gasteiger partial charge in [-0.2, -0.15) is 13.2 Å². The van der Waals surface area contributed by atoms with Gasteiger partial charge in [0.2, 0.25) is 5.91 Å². The van der Waals surface area contributed by atoms with Crippen molar-refractivity contribution in [3.8, 4) is 0 Å². The highest BCUT2D eigenvalue weighted by molar-refractivity contribution is 5.79. The van der Waals surface area contributed by atoms with E-state index in [2.05, 4.69) is 15.3 Å². The van der Waals surface area contributed by atoms with Gasteiger partial charge in [0.05, 0.1) is 0 Å². The fourth-order valence-electron chi connectivity index (χ4n) is 3.79. The molecule has 8 heteroatoms. The Morgan fingerprint density at radius 2 is 1.69 bits per heavy atom. The van der Waals surface area contributed by atoms with Gasteiger partial charge in [0, 0.05) is 31.1 Å². The lowest BCUT2D eigenvalue weighted by Gasteiger charge is -2.33. The first kappa shape index (κ1) is 18.9. The van der Waals surface area contributed by atoms with Crippen LogP contribution >= 0.6 is 0 Å². The van der Waals surface area contributed by atoms with Crippen molar-refractivity contribution in [2.24, 2.45) is 5.92 Å². The van der Waals surface area contributed by atoms with Crippen molar-refractivity contribution in [2.45, 2.75) is 63.6 Å². The molecule has 0 unspecified atom stereocenters. The lowest BCUT2D eigenvalue weighted by atomic mass is 9.95. The summed E-state index contributed by atoms with van der Waals surface area (Å²) in [6, 6.07) is 1.26. The molecule has 3 rings (SSSR count). The lowest BCUT2D eigenvalue weighted by Crippen LogP contribution is -2.44. The summed E-state index contributed by atoms with van der Waals surface area (Å²) in [6.45, 7) is 1.05. The van der Waals surface area contributed by atoms with Crippen LogP contribution in [0.4, 0.5) is 19.0 Å². The van der Waals surface area contributed by atoms with E-state index in [9.17, 15) is 18.0 Å². The predicted molar refractivity (Wildman–Crippen MR) is 91.6 cm³/mol. The Kier molecular flexibility index (Phi) is 5.98. The van der Waals surface area contributed by atoms with Gasteiger partial charge in [0.1, 0.15) is 17.8 Å². The van der Waals surface area contributed by atoms with Gasteiger partial charge in [-0.05, 0) is 25.7 Å². The number of nitrogens with one attached hydrogen (secondary N) is 1. The van der Waals surface area contributed by atoms with Crippen LogP contribution in [0.15, 0.2) is 12.4 Å². The average Bonchev–Trinajstić information content (AvgIpc) is 2.90. The number of alkyl halides is 3. The van der Waals surface area contributed by atoms with E-state index in [1.807, 2.05) is 0 Å². The number of piperidine rings is 1. The second-order valence-corrected chi connectivity index (χ2v) is 7.22. The molecule has 2 fully saturated rings. The maximum Gasteiger partial charge on any atom is 0.433 e. The van der Waals surface area contributed by atoms with E-state index >= 15 is 0 Å². The Bertz CT molecular complexity index is 607. The third kappa shape index (κ3) is 4.86. The zero-order valence-corrected chi connectivity index (χ0v) is 14.8. The van der Waals surface area contributed by atoms with Gasteiger partial charge in [0.15, 0.2) is 0 Å². The molecular weight excluding hydrogens is 345 g/mol.